The molecule has 0 saturated carbocycles. The van der Waals surface area contributed by atoms with E-state index in [0.29, 0.717) is 11.3 Å². The number of nitro benzene ring substituents is 1. The lowest BCUT2D eigenvalue weighted by molar-refractivity contribution is -0.384. The molecule has 1 amide bonds. The summed E-state index contributed by atoms with van der Waals surface area (Å²) in [5.41, 5.74) is 6.36. The zero-order valence-electron chi connectivity index (χ0n) is 35.8. The second-order valence-corrected chi connectivity index (χ2v) is 20.8. The van der Waals surface area contributed by atoms with Crippen LogP contribution in [0.2, 0.25) is 5.02 Å². The molecule has 2 saturated heterocycles. The van der Waals surface area contributed by atoms with E-state index in [1.165, 1.54) is 33.1 Å². The lowest BCUT2D eigenvalue weighted by Gasteiger charge is -2.39. The van der Waals surface area contributed by atoms with Crippen LogP contribution in [0.1, 0.15) is 49.0 Å². The highest BCUT2D eigenvalue weighted by Crippen LogP contribution is 2.43. The second kappa shape index (κ2) is 19.0. The van der Waals surface area contributed by atoms with Gasteiger partial charge in [-0.2, -0.15) is 4.31 Å². The third kappa shape index (κ3) is 10.6. The predicted octanol–water partition coefficient (Wildman–Crippen LogP) is 7.23. The number of aromatic nitrogens is 2. The number of rotatable bonds is 14. The number of hydrogen-bond acceptors (Lipinski definition) is 12. The number of fused-ring (bicyclic) bond motifs is 1. The monoisotopic (exact) mass is 930 g/mol. The van der Waals surface area contributed by atoms with Crippen LogP contribution in [0.4, 0.5) is 17.1 Å². The highest BCUT2D eigenvalue weighted by molar-refractivity contribution is 7.88. The van der Waals surface area contributed by atoms with Crippen LogP contribution in [0.25, 0.3) is 16.6 Å². The number of aromatic amines is 1. The zero-order chi connectivity index (χ0) is 45.2. The van der Waals surface area contributed by atoms with Gasteiger partial charge >= 0.3 is 0 Å². The summed E-state index contributed by atoms with van der Waals surface area (Å²) < 4.78 is 53.7. The summed E-state index contributed by atoms with van der Waals surface area (Å²) >= 11 is 6.25. The number of imidazole rings is 1. The number of sulfonamides is 1. The minimum Gasteiger partial charge on any atom is -0.454 e. The zero-order valence-corrected chi connectivity index (χ0v) is 38.2. The van der Waals surface area contributed by atoms with Crippen LogP contribution < -0.4 is 19.7 Å². The lowest BCUT2D eigenvalue weighted by atomic mass is 9.72. The topological polar surface area (TPSA) is 192 Å². The van der Waals surface area contributed by atoms with Gasteiger partial charge in [0.2, 0.25) is 10.0 Å². The number of H-pyrrole nitrogens is 1. The molecule has 0 spiro atoms. The number of ether oxygens (including phenoxy) is 2. The molecule has 1 aromatic heterocycles. The van der Waals surface area contributed by atoms with Gasteiger partial charge in [-0.15, -0.1) is 0 Å². The Balaban J connectivity index is 0.980. The Morgan fingerprint density at radius 3 is 2.58 bits per heavy atom. The fourth-order valence-electron chi connectivity index (χ4n) is 8.48. The van der Waals surface area contributed by atoms with Crippen LogP contribution in [0.15, 0.2) is 95.7 Å². The molecule has 16 nitrogen and oxygen atoms in total. The number of piperazine rings is 1. The molecule has 2 atom stereocenters. The van der Waals surface area contributed by atoms with Gasteiger partial charge in [0, 0.05) is 75.2 Å². The van der Waals surface area contributed by atoms with E-state index in [2.05, 4.69) is 55.8 Å². The molecule has 2 aliphatic heterocycles. The molecule has 3 N–H and O–H groups in total. The average molecular weight is 932 g/mol. The normalized spacial score (nSPS) is 19.1. The molecule has 5 aromatic rings. The number of allylic oxidation sites excluding steroid dienone is 1. The third-order valence-corrected chi connectivity index (χ3v) is 14.6. The van der Waals surface area contributed by atoms with Gasteiger partial charge in [0.15, 0.2) is 16.7 Å². The fraction of sp³-hybridized carbons (Fsp3) is 0.378. The Bertz CT molecular complexity index is 2720. The minimum atomic E-state index is -3.43. The lowest BCUT2D eigenvalue weighted by Crippen LogP contribution is -2.47. The molecule has 1 aliphatic carbocycles. The van der Waals surface area contributed by atoms with Crippen LogP contribution in [0.5, 0.6) is 11.5 Å². The van der Waals surface area contributed by atoms with Gasteiger partial charge in [-0.1, -0.05) is 49.2 Å². The number of para-hydroxylation sites is 1. The van der Waals surface area contributed by atoms with Crippen molar-refractivity contribution in [1.29, 1.82) is 0 Å². The number of carbonyl (C=O) groups excluding carboxylic acids is 1. The van der Waals surface area contributed by atoms with Crippen molar-refractivity contribution in [2.75, 3.05) is 75.4 Å². The number of carbonyl (C=O) groups is 1. The molecular formula is C45H51ClN8O8S2. The largest absolute Gasteiger partial charge is 0.454 e. The maximum Gasteiger partial charge on any atom is 0.293 e. The predicted molar refractivity (Wildman–Crippen MR) is 249 cm³/mol. The van der Waals surface area contributed by atoms with Crippen molar-refractivity contribution in [3.8, 4) is 11.5 Å². The molecule has 2 unspecified atom stereocenters. The summed E-state index contributed by atoms with van der Waals surface area (Å²) in [7, 11) is -5.64. The molecular weight excluding hydrogens is 880 g/mol. The van der Waals surface area contributed by atoms with Crippen LogP contribution in [-0.4, -0.2) is 114 Å². The summed E-state index contributed by atoms with van der Waals surface area (Å²) in [6.45, 7) is 9.33. The second-order valence-electron chi connectivity index (χ2n) is 17.2. The molecule has 19 heteroatoms. The van der Waals surface area contributed by atoms with Crippen molar-refractivity contribution in [3.05, 3.63) is 117 Å². The third-order valence-electron chi connectivity index (χ3n) is 12.0. The van der Waals surface area contributed by atoms with E-state index in [1.54, 1.807) is 24.5 Å². The van der Waals surface area contributed by atoms with E-state index in [4.69, 9.17) is 21.1 Å². The first-order chi connectivity index (χ1) is 30.6. The smallest absolute Gasteiger partial charge is 0.293 e. The maximum atomic E-state index is 14.0. The van der Waals surface area contributed by atoms with Crippen LogP contribution >= 0.6 is 11.6 Å². The average Bonchev–Trinajstić information content (AvgIpc) is 3.77. The first kappa shape index (κ1) is 45.2. The molecule has 3 heterocycles. The summed E-state index contributed by atoms with van der Waals surface area (Å²) in [5.74, 6) is -0.0795. The molecule has 0 bridgehead atoms. The van der Waals surface area contributed by atoms with Gasteiger partial charge in [0.25, 0.3) is 11.6 Å². The van der Waals surface area contributed by atoms with Gasteiger partial charge in [-0.25, -0.2) is 17.6 Å². The molecule has 4 aromatic carbocycles. The first-order valence-electron chi connectivity index (χ1n) is 21.1. The number of nitrogens with zero attached hydrogens (tertiary/aromatic N) is 5. The van der Waals surface area contributed by atoms with Crippen molar-refractivity contribution < 1.29 is 31.8 Å². The standard InChI is InChI=1S/C45H51ClN8O8S2/c1-45(2)16-15-31(37(25-45)30-7-9-32(46)10-8-30)27-51-17-19-52(20-18-51)33-11-13-36(42(23-33)62-41-6-4-5-39-43(41)49-29-48-39)44(55)50-63(58)35-12-14-38(40(24-35)54(56)57)47-26-34-28-53(21-22-61-34)64(3,59)60/h4-14,23-24,29,34,47H,15-22,25-28H2,1-3H3,(H,48,49)(H,50,55). The number of amides is 1. The van der Waals surface area contributed by atoms with Gasteiger partial charge in [-0.05, 0) is 84.3 Å². The Labute approximate surface area is 379 Å². The Hall–Kier alpha value is -5.37. The van der Waals surface area contributed by atoms with Crippen LogP contribution in [0.3, 0.4) is 0 Å². The van der Waals surface area contributed by atoms with Gasteiger partial charge in [0.05, 0.1) is 46.2 Å². The fourth-order valence-corrected chi connectivity index (χ4v) is 10.3. The Kier molecular flexibility index (Phi) is 13.4. The van der Waals surface area contributed by atoms with Gasteiger partial charge in [0.1, 0.15) is 17.0 Å². The molecule has 3 aliphatic rings. The number of halogens is 1. The van der Waals surface area contributed by atoms with E-state index in [0.717, 1.165) is 80.5 Å². The van der Waals surface area contributed by atoms with Crippen LogP contribution in [0, 0.1) is 15.5 Å². The van der Waals surface area contributed by atoms with E-state index in [9.17, 15) is 27.5 Å². The summed E-state index contributed by atoms with van der Waals surface area (Å²) in [5, 5.41) is 15.9. The van der Waals surface area contributed by atoms with Crippen molar-refractivity contribution >= 4 is 72.2 Å². The number of anilines is 2. The summed E-state index contributed by atoms with van der Waals surface area (Å²) in [6.07, 6.45) is 5.34. The number of hydrogen-bond donors (Lipinski definition) is 3. The van der Waals surface area contributed by atoms with E-state index >= 15 is 0 Å². The number of benzene rings is 4. The number of morpholine rings is 1. The molecule has 8 rings (SSSR count). The summed E-state index contributed by atoms with van der Waals surface area (Å²) in [4.78, 5) is 37.8. The molecule has 2 fully saturated rings. The number of nitrogens with one attached hydrogen (secondary N) is 3. The maximum absolute atomic E-state index is 14.0. The van der Waals surface area contributed by atoms with Crippen molar-refractivity contribution in [1.82, 2.24) is 23.9 Å². The SMILES string of the molecule is CC1(C)CCC(CN2CCN(c3ccc(C(=O)NS(=O)c4ccc(NCC5CN(S(C)(=O)=O)CCO5)c([N+](=O)[O-])c4)c(Oc4cccc5[nH]cnc45)c3)CC2)=C(c2ccc(Cl)cc2)C1. The Morgan fingerprint density at radius 1 is 1.05 bits per heavy atom. The van der Waals surface area contributed by atoms with Crippen molar-refractivity contribution in [2.24, 2.45) is 5.41 Å². The van der Waals surface area contributed by atoms with Crippen molar-refractivity contribution in [3.63, 3.8) is 0 Å². The van der Waals surface area contributed by atoms with E-state index in [-0.39, 0.29) is 59.2 Å². The van der Waals surface area contributed by atoms with Crippen molar-refractivity contribution in [2.45, 2.75) is 44.1 Å². The van der Waals surface area contributed by atoms with E-state index in [1.807, 2.05) is 30.3 Å². The minimum absolute atomic E-state index is 0.00555. The van der Waals surface area contributed by atoms with Gasteiger partial charge < -0.3 is 24.7 Å². The molecule has 338 valence electrons. The highest BCUT2D eigenvalue weighted by atomic mass is 35.5. The number of nitro groups is 1. The summed E-state index contributed by atoms with van der Waals surface area (Å²) in [6, 6.07) is 22.8. The van der Waals surface area contributed by atoms with E-state index < -0.39 is 37.9 Å². The van der Waals surface area contributed by atoms with Gasteiger partial charge in [-0.3, -0.25) is 24.5 Å². The quantitative estimate of drug-likeness (QED) is 0.0749. The highest BCUT2D eigenvalue weighted by Gasteiger charge is 2.31. The molecule has 64 heavy (non-hydrogen) atoms. The van der Waals surface area contributed by atoms with Crippen LogP contribution in [-0.2, 0) is 25.7 Å². The first-order valence-corrected chi connectivity index (χ1v) is 24.5. The Morgan fingerprint density at radius 2 is 1.83 bits per heavy atom. The molecule has 0 radical (unpaired) electrons.